The molecule has 35 nitrogen and oxygen atoms in total. The molecule has 21 atom stereocenters. The molecule has 0 radical (unpaired) electrons. The molecule has 4 saturated heterocycles. The van der Waals surface area contributed by atoms with Gasteiger partial charge < -0.3 is 122 Å². The van der Waals surface area contributed by atoms with Crippen LogP contribution < -0.4 is 21.3 Å². The molecule has 7 N–H and O–H groups in total. The minimum Gasteiger partial charge on any atom is -0.480 e. The zero-order valence-corrected chi connectivity index (χ0v) is 71.4. The molecular formula is C93H106N4O31. The highest BCUT2D eigenvalue weighted by Crippen LogP contribution is 2.46. The largest absolute Gasteiger partial charge is 0.480 e. The third-order valence-electron chi connectivity index (χ3n) is 21.8. The zero-order chi connectivity index (χ0) is 91.0. The summed E-state index contributed by atoms with van der Waals surface area (Å²) in [5.41, 5.74) is 7.06. The number of carboxylic acid groups (broad SMARTS) is 1. The molecule has 4 amide bonds. The molecule has 0 bridgehead atoms. The predicted octanol–water partition coefficient (Wildman–Crippen LogP) is 6.38. The van der Waals surface area contributed by atoms with Gasteiger partial charge in [0.25, 0.3) is 5.79 Å². The van der Waals surface area contributed by atoms with E-state index in [-0.39, 0.29) is 46.2 Å². The summed E-state index contributed by atoms with van der Waals surface area (Å²) in [5.74, 6) is -13.6. The molecule has 0 unspecified atom stereocenters. The smallest absolute Gasteiger partial charge is 0.407 e. The Hall–Kier alpha value is -11.5. The number of benzene rings is 7. The standard InChI is InChI=1S/C93H106N4O31/c1-53(98)94-76-70(120-56(4)101)42-93(91(109)111-7,127-84(76)82(122-58(6)103)74(121-57(5)102)52-114-55(3)100)128-85-78(105)71(49-112-43-59-27-13-8-14-28-59)124-89(79(85)106)125-81-73(50-113-44-60-29-15-9-16-30-60)123-87(97-75(104)41-69(88(107)108)96-92(110)119-48-68-66-39-25-23-37-64(66)65-38-24-26-40-67(65)68)77(95-54(2)99)83(81)126-90-86(117-47-63-35-21-12-22-36-63)80(116-46-62-33-19-11-20-34-62)72(51-118-90)115-45-61-31-17-10-18-32-61/h8-40,68-74,76-87,89-90,105-106H,41-52H2,1-7H3,(H,94,98)(H,95,99)(H,96,110)(H,97,104)(H,107,108)/t69-,70-,71+,72+,73+,74+,76+,77+,78-,79+,80+,81+,82+,83+,84-,85-,86-,87+,89-,90-,93-/m0/s1. The van der Waals surface area contributed by atoms with Gasteiger partial charge in [0, 0.05) is 47.5 Å². The van der Waals surface area contributed by atoms with Gasteiger partial charge in [-0.3, -0.25) is 33.6 Å². The van der Waals surface area contributed by atoms with E-state index in [9.17, 15) is 53.7 Å². The summed E-state index contributed by atoms with van der Waals surface area (Å²) in [6, 6.07) is 54.8. The molecule has 0 saturated carbocycles. The van der Waals surface area contributed by atoms with Crippen LogP contribution in [-0.2, 0) is 161 Å². The Bertz CT molecular complexity index is 4810. The average molecular weight is 1780 g/mol. The van der Waals surface area contributed by atoms with E-state index in [1.165, 1.54) is 0 Å². The van der Waals surface area contributed by atoms with Crippen LogP contribution in [0.25, 0.3) is 11.1 Å². The molecule has 4 fully saturated rings. The number of nitrogens with one attached hydrogen (secondary N) is 4. The number of hydrogen-bond acceptors (Lipinski definition) is 30. The van der Waals surface area contributed by atoms with Crippen molar-refractivity contribution in [2.75, 3.05) is 40.1 Å². The van der Waals surface area contributed by atoms with Gasteiger partial charge >= 0.3 is 41.9 Å². The average Bonchev–Trinajstić information content (AvgIpc) is 1.16. The van der Waals surface area contributed by atoms with Crippen LogP contribution in [0.3, 0.4) is 0 Å². The summed E-state index contributed by atoms with van der Waals surface area (Å²) in [6.45, 7) is 3.12. The fourth-order valence-corrected chi connectivity index (χ4v) is 16.1. The topological polar surface area (TPSA) is 446 Å². The summed E-state index contributed by atoms with van der Waals surface area (Å²) in [7, 11) is 0.892. The van der Waals surface area contributed by atoms with Crippen molar-refractivity contribution < 1.29 is 149 Å². The third-order valence-corrected chi connectivity index (χ3v) is 21.8. The van der Waals surface area contributed by atoms with E-state index in [1.807, 2.05) is 127 Å². The Kier molecular flexibility index (Phi) is 34.3. The first-order valence-electron chi connectivity index (χ1n) is 41.8. The van der Waals surface area contributed by atoms with Crippen molar-refractivity contribution in [1.29, 1.82) is 0 Å². The van der Waals surface area contributed by atoms with Crippen molar-refractivity contribution >= 4 is 59.6 Å². The Morgan fingerprint density at radius 2 is 0.984 bits per heavy atom. The summed E-state index contributed by atoms with van der Waals surface area (Å²) < 4.78 is 116. The number of rotatable bonds is 40. The van der Waals surface area contributed by atoms with E-state index in [1.54, 1.807) is 72.8 Å². The lowest BCUT2D eigenvalue weighted by molar-refractivity contribution is -0.387. The lowest BCUT2D eigenvalue weighted by Gasteiger charge is -2.52. The molecule has 7 aromatic rings. The highest BCUT2D eigenvalue weighted by atomic mass is 16.8. The molecule has 0 aromatic heterocycles. The van der Waals surface area contributed by atoms with Crippen molar-refractivity contribution in [2.45, 2.75) is 222 Å². The highest BCUT2D eigenvalue weighted by molar-refractivity contribution is 5.87. The first-order chi connectivity index (χ1) is 61.7. The number of aliphatic carboxylic acids is 1. The number of carbonyl (C=O) groups is 10. The van der Waals surface area contributed by atoms with E-state index >= 15 is 9.59 Å². The van der Waals surface area contributed by atoms with Gasteiger partial charge in [0.2, 0.25) is 17.7 Å². The zero-order valence-electron chi connectivity index (χ0n) is 71.4. The number of amides is 4. The van der Waals surface area contributed by atoms with Crippen LogP contribution in [0, 0.1) is 0 Å². The van der Waals surface area contributed by atoms with Crippen LogP contribution in [0.4, 0.5) is 4.79 Å². The lowest BCUT2D eigenvalue weighted by Crippen LogP contribution is -2.73. The lowest BCUT2D eigenvalue weighted by atomic mass is 9.87. The van der Waals surface area contributed by atoms with Crippen molar-refractivity contribution in [3.8, 4) is 11.1 Å². The number of carbonyl (C=O) groups excluding carboxylic acids is 9. The highest BCUT2D eigenvalue weighted by Gasteiger charge is 2.63. The maximum Gasteiger partial charge on any atom is 0.407 e. The molecule has 35 heteroatoms. The van der Waals surface area contributed by atoms with Crippen LogP contribution in [0.5, 0.6) is 0 Å². The molecule has 4 heterocycles. The number of hydrogen-bond donors (Lipinski definition) is 7. The minimum absolute atomic E-state index is 0.0301. The van der Waals surface area contributed by atoms with E-state index < -0.39 is 226 Å². The van der Waals surface area contributed by atoms with Crippen molar-refractivity contribution in [3.05, 3.63) is 239 Å². The Morgan fingerprint density at radius 1 is 0.484 bits per heavy atom. The number of alkyl carbamates (subject to hydrolysis) is 1. The van der Waals surface area contributed by atoms with E-state index in [2.05, 4.69) is 21.3 Å². The van der Waals surface area contributed by atoms with Crippen LogP contribution in [0.2, 0.25) is 0 Å². The van der Waals surface area contributed by atoms with Gasteiger partial charge in [-0.2, -0.15) is 0 Å². The quantitative estimate of drug-likeness (QED) is 0.0162. The van der Waals surface area contributed by atoms with Gasteiger partial charge in [0.1, 0.15) is 98.5 Å². The predicted molar refractivity (Wildman–Crippen MR) is 446 cm³/mol. The molecule has 4 aliphatic heterocycles. The normalized spacial score (nSPS) is 26.1. The minimum atomic E-state index is -3.14. The monoisotopic (exact) mass is 1770 g/mol. The Labute approximate surface area is 738 Å². The van der Waals surface area contributed by atoms with Gasteiger partial charge in [0.05, 0.1) is 78.8 Å². The maximum absolute atomic E-state index is 15.3. The van der Waals surface area contributed by atoms with Crippen molar-refractivity contribution in [1.82, 2.24) is 21.3 Å². The molecule has 684 valence electrons. The fourth-order valence-electron chi connectivity index (χ4n) is 16.1. The molecule has 5 aliphatic rings. The maximum atomic E-state index is 15.3. The second kappa shape index (κ2) is 46.0. The molecule has 12 rings (SSSR count). The van der Waals surface area contributed by atoms with Gasteiger partial charge in [-0.25, -0.2) is 14.4 Å². The van der Waals surface area contributed by atoms with Gasteiger partial charge in [-0.05, 0) is 50.1 Å². The number of aliphatic hydroxyl groups is 2. The SMILES string of the molecule is COC(=O)[C@@]1(O[C@H]2[C@@H](O)[C@@H](COCc3ccccc3)O[C@@H](O[C@H]3[C@H](O[C@@H]4OC[C@@H](OCc5ccccc5)[C@@H](OCc5ccccc5)[C@@H]4OCc4ccccc4)[C@@H](NC(C)=O)[C@H](NC(=O)C[C@H](NC(=O)OCC4c5ccccc5-c5ccccc54)C(=O)O)O[C@@H]3COCc3ccccc3)[C@@H]2O)C[C@H](OC(C)=O)[C@@H](NC(C)=O)[C@@H]([C@H](OC(C)=O)[C@@H](COC(C)=O)OC(C)=O)O1. The van der Waals surface area contributed by atoms with Crippen LogP contribution in [0.1, 0.15) is 99.2 Å². The number of ether oxygens (including phenoxy) is 18. The second-order valence-electron chi connectivity index (χ2n) is 31.3. The van der Waals surface area contributed by atoms with E-state index in [4.69, 9.17) is 85.3 Å². The molecule has 1 aliphatic carbocycles. The molecule has 7 aromatic carbocycles. The van der Waals surface area contributed by atoms with Crippen molar-refractivity contribution in [2.24, 2.45) is 0 Å². The van der Waals surface area contributed by atoms with Crippen LogP contribution >= 0.6 is 0 Å². The van der Waals surface area contributed by atoms with E-state index in [0.717, 1.165) is 82.0 Å². The first-order valence-corrected chi connectivity index (χ1v) is 41.8. The Balaban J connectivity index is 0.971. The summed E-state index contributed by atoms with van der Waals surface area (Å²) in [4.78, 5) is 138. The number of aliphatic hydroxyl groups excluding tert-OH is 2. The van der Waals surface area contributed by atoms with Crippen molar-refractivity contribution in [3.63, 3.8) is 0 Å². The van der Waals surface area contributed by atoms with Crippen LogP contribution in [0.15, 0.2) is 200 Å². The number of carboxylic acids is 1. The number of esters is 5. The van der Waals surface area contributed by atoms with Gasteiger partial charge in [0.15, 0.2) is 31.0 Å². The molecule has 0 spiro atoms. The molecular weight excluding hydrogens is 1670 g/mol. The summed E-state index contributed by atoms with van der Waals surface area (Å²) in [6.07, 6.45) is -34.4. The number of methoxy groups -OCH3 is 1. The first kappa shape index (κ1) is 95.6. The summed E-state index contributed by atoms with van der Waals surface area (Å²) in [5, 5.41) is 48.0. The number of fused-ring (bicyclic) bond motifs is 3. The van der Waals surface area contributed by atoms with E-state index in [0.29, 0.717) is 16.7 Å². The summed E-state index contributed by atoms with van der Waals surface area (Å²) >= 11 is 0. The van der Waals surface area contributed by atoms with Gasteiger partial charge in [-0.15, -0.1) is 0 Å². The molecule has 128 heavy (non-hydrogen) atoms. The fraction of sp³-hybridized carbons (Fsp3) is 0.441. The third kappa shape index (κ3) is 25.7. The van der Waals surface area contributed by atoms with Crippen LogP contribution in [-0.4, -0.2) is 243 Å². The Morgan fingerprint density at radius 3 is 1.50 bits per heavy atom. The second-order valence-corrected chi connectivity index (χ2v) is 31.3. The van der Waals surface area contributed by atoms with Gasteiger partial charge in [-0.1, -0.05) is 200 Å².